The molecule has 202 valence electrons. The number of piperazine rings is 1. The Labute approximate surface area is 230 Å². The number of aliphatic hydroxyl groups is 1. The minimum Gasteiger partial charge on any atom is -0.392 e. The van der Waals surface area contributed by atoms with Crippen molar-refractivity contribution in [3.63, 3.8) is 0 Å². The Kier molecular flexibility index (Phi) is 7.01. The summed E-state index contributed by atoms with van der Waals surface area (Å²) in [5.41, 5.74) is 3.31. The van der Waals surface area contributed by atoms with Crippen LogP contribution in [0.25, 0.3) is 16.6 Å². The number of fused-ring (bicyclic) bond motifs is 1. The summed E-state index contributed by atoms with van der Waals surface area (Å²) in [6.07, 6.45) is 2.20. The van der Waals surface area contributed by atoms with E-state index in [-0.39, 0.29) is 33.4 Å². The first-order chi connectivity index (χ1) is 18.9. The predicted molar refractivity (Wildman–Crippen MR) is 151 cm³/mol. The Balaban J connectivity index is 1.30. The minimum atomic E-state index is -0.527. The van der Waals surface area contributed by atoms with Crippen LogP contribution in [0.15, 0.2) is 71.7 Å². The molecule has 0 unspecified atom stereocenters. The second kappa shape index (κ2) is 10.6. The molecule has 0 radical (unpaired) electrons. The SMILES string of the molecule is O=c1ccn(-c2ccc(CN3CC[C@@H](O)C3)cc2)c2c(Cl)c(N3CCN(c4ccc(F)cc4)CC3)c(F)cc12. The quantitative estimate of drug-likeness (QED) is 0.386. The first-order valence-corrected chi connectivity index (χ1v) is 13.5. The van der Waals surface area contributed by atoms with Crippen molar-refractivity contribution in [2.24, 2.45) is 0 Å². The Bertz CT molecular complexity index is 1550. The molecular weight excluding hydrogens is 522 g/mol. The van der Waals surface area contributed by atoms with Gasteiger partial charge in [-0.2, -0.15) is 0 Å². The molecule has 1 N–H and O–H groups in total. The number of hydrogen-bond donors (Lipinski definition) is 1. The third-order valence-corrected chi connectivity index (χ3v) is 8.06. The van der Waals surface area contributed by atoms with Crippen molar-refractivity contribution < 1.29 is 13.9 Å². The van der Waals surface area contributed by atoms with E-state index in [1.54, 1.807) is 18.3 Å². The van der Waals surface area contributed by atoms with E-state index in [0.717, 1.165) is 36.4 Å². The molecule has 0 aliphatic carbocycles. The lowest BCUT2D eigenvalue weighted by molar-refractivity contribution is 0.175. The van der Waals surface area contributed by atoms with Gasteiger partial charge in [0, 0.05) is 69.5 Å². The first-order valence-electron chi connectivity index (χ1n) is 13.2. The number of nitrogens with zero attached hydrogens (tertiary/aromatic N) is 4. The Morgan fingerprint density at radius 1 is 0.872 bits per heavy atom. The summed E-state index contributed by atoms with van der Waals surface area (Å²) < 4.78 is 30.6. The molecule has 9 heteroatoms. The lowest BCUT2D eigenvalue weighted by Crippen LogP contribution is -2.47. The predicted octanol–water partition coefficient (Wildman–Crippen LogP) is 4.82. The monoisotopic (exact) mass is 550 g/mol. The lowest BCUT2D eigenvalue weighted by Gasteiger charge is -2.38. The number of likely N-dealkylation sites (tertiary alicyclic amines) is 1. The molecular formula is C30H29ClF2N4O2. The number of aliphatic hydroxyl groups excluding tert-OH is 1. The fraction of sp³-hybridized carbons (Fsp3) is 0.300. The highest BCUT2D eigenvalue weighted by molar-refractivity contribution is 6.38. The first kappa shape index (κ1) is 25.8. The number of aromatic nitrogens is 1. The molecule has 1 aromatic heterocycles. The molecule has 2 saturated heterocycles. The maximum Gasteiger partial charge on any atom is 0.189 e. The van der Waals surface area contributed by atoms with Crippen molar-refractivity contribution in [2.45, 2.75) is 19.1 Å². The number of β-amino-alcohol motifs (C(OH)–C–C–N with tert-alkyl or cyclic N) is 1. The fourth-order valence-corrected chi connectivity index (χ4v) is 6.05. The standard InChI is InChI=1S/C30H29ClF2N4O2/c31-28-29-25(17-26(33)30(28)36-15-13-35(14-16-36)22-7-3-21(32)4-8-22)27(39)10-12-37(29)23-5-1-20(2-6-23)18-34-11-9-24(38)19-34/h1-8,10,12,17,24,38H,9,11,13-16,18-19H2/t24-/m1/s1. The van der Waals surface area contributed by atoms with Gasteiger partial charge in [0.2, 0.25) is 0 Å². The zero-order chi connectivity index (χ0) is 27.1. The van der Waals surface area contributed by atoms with Gasteiger partial charge in [-0.05, 0) is 54.4 Å². The van der Waals surface area contributed by atoms with Crippen LogP contribution in [0.5, 0.6) is 0 Å². The Morgan fingerprint density at radius 2 is 1.54 bits per heavy atom. The highest BCUT2D eigenvalue weighted by atomic mass is 35.5. The lowest BCUT2D eigenvalue weighted by atomic mass is 10.1. The van der Waals surface area contributed by atoms with Crippen LogP contribution in [0, 0.1) is 11.6 Å². The van der Waals surface area contributed by atoms with E-state index >= 15 is 4.39 Å². The molecule has 6 rings (SSSR count). The van der Waals surface area contributed by atoms with E-state index in [2.05, 4.69) is 9.80 Å². The van der Waals surface area contributed by atoms with Crippen molar-refractivity contribution >= 4 is 33.9 Å². The summed E-state index contributed by atoms with van der Waals surface area (Å²) in [6, 6.07) is 17.1. The van der Waals surface area contributed by atoms with Crippen molar-refractivity contribution in [3.05, 3.63) is 99.3 Å². The molecule has 0 bridgehead atoms. The van der Waals surface area contributed by atoms with Crippen LogP contribution in [-0.4, -0.2) is 59.9 Å². The molecule has 39 heavy (non-hydrogen) atoms. The molecule has 0 saturated carbocycles. The second-order valence-electron chi connectivity index (χ2n) is 10.3. The zero-order valence-electron chi connectivity index (χ0n) is 21.4. The molecule has 3 heterocycles. The van der Waals surface area contributed by atoms with E-state index in [9.17, 15) is 14.3 Å². The molecule has 1 atom stereocenters. The van der Waals surface area contributed by atoms with Gasteiger partial charge < -0.3 is 19.5 Å². The fourth-order valence-electron chi connectivity index (χ4n) is 5.65. The second-order valence-corrected chi connectivity index (χ2v) is 10.6. The van der Waals surface area contributed by atoms with E-state index < -0.39 is 5.82 Å². The largest absolute Gasteiger partial charge is 0.392 e. The third kappa shape index (κ3) is 5.12. The van der Waals surface area contributed by atoms with Crippen LogP contribution in [0.3, 0.4) is 0 Å². The van der Waals surface area contributed by atoms with Crippen LogP contribution in [-0.2, 0) is 6.54 Å². The number of rotatable bonds is 5. The van der Waals surface area contributed by atoms with Crippen molar-refractivity contribution in [3.8, 4) is 5.69 Å². The summed E-state index contributed by atoms with van der Waals surface area (Å²) in [7, 11) is 0. The molecule has 4 aromatic rings. The smallest absolute Gasteiger partial charge is 0.189 e. The maximum absolute atomic E-state index is 15.5. The Morgan fingerprint density at radius 3 is 2.21 bits per heavy atom. The van der Waals surface area contributed by atoms with Gasteiger partial charge in [0.1, 0.15) is 11.6 Å². The maximum atomic E-state index is 15.5. The molecule has 6 nitrogen and oxygen atoms in total. The van der Waals surface area contributed by atoms with Gasteiger partial charge in [0.25, 0.3) is 0 Å². The molecule has 2 fully saturated rings. The number of halogens is 3. The highest BCUT2D eigenvalue weighted by Crippen LogP contribution is 2.37. The Hall–Kier alpha value is -3.46. The van der Waals surface area contributed by atoms with E-state index in [1.165, 1.54) is 24.3 Å². The summed E-state index contributed by atoms with van der Waals surface area (Å²) in [4.78, 5) is 19.0. The summed E-state index contributed by atoms with van der Waals surface area (Å²) >= 11 is 6.91. The van der Waals surface area contributed by atoms with Crippen LogP contribution < -0.4 is 15.2 Å². The van der Waals surface area contributed by atoms with E-state index in [4.69, 9.17) is 11.6 Å². The van der Waals surface area contributed by atoms with Crippen molar-refractivity contribution in [2.75, 3.05) is 49.1 Å². The molecule has 2 aliphatic heterocycles. The number of benzene rings is 3. The minimum absolute atomic E-state index is 0.202. The number of pyridine rings is 1. The van der Waals surface area contributed by atoms with E-state index in [0.29, 0.717) is 38.2 Å². The highest BCUT2D eigenvalue weighted by Gasteiger charge is 2.25. The van der Waals surface area contributed by atoms with Crippen LogP contribution in [0.4, 0.5) is 20.2 Å². The van der Waals surface area contributed by atoms with Gasteiger partial charge in [-0.3, -0.25) is 9.69 Å². The van der Waals surface area contributed by atoms with Crippen molar-refractivity contribution in [1.29, 1.82) is 0 Å². The summed E-state index contributed by atoms with van der Waals surface area (Å²) in [6.45, 7) is 4.59. The third-order valence-electron chi connectivity index (χ3n) is 7.71. The average molecular weight is 551 g/mol. The van der Waals surface area contributed by atoms with Gasteiger partial charge in [-0.15, -0.1) is 0 Å². The summed E-state index contributed by atoms with van der Waals surface area (Å²) in [5, 5.41) is 10.2. The molecule has 0 spiro atoms. The van der Waals surface area contributed by atoms with Gasteiger partial charge in [-0.25, -0.2) is 8.78 Å². The van der Waals surface area contributed by atoms with E-state index in [1.807, 2.05) is 33.7 Å². The van der Waals surface area contributed by atoms with Gasteiger partial charge in [0.15, 0.2) is 5.43 Å². The molecule has 3 aromatic carbocycles. The van der Waals surface area contributed by atoms with Gasteiger partial charge >= 0.3 is 0 Å². The average Bonchev–Trinajstić information content (AvgIpc) is 3.35. The normalized spacial score (nSPS) is 18.3. The number of hydrogen-bond acceptors (Lipinski definition) is 5. The molecule has 0 amide bonds. The zero-order valence-corrected chi connectivity index (χ0v) is 22.1. The number of anilines is 2. The summed E-state index contributed by atoms with van der Waals surface area (Å²) in [5.74, 6) is -0.810. The van der Waals surface area contributed by atoms with Crippen LogP contribution >= 0.6 is 11.6 Å². The topological polar surface area (TPSA) is 52.0 Å². The van der Waals surface area contributed by atoms with Gasteiger partial charge in [0.05, 0.1) is 27.7 Å². The van der Waals surface area contributed by atoms with Crippen LogP contribution in [0.1, 0.15) is 12.0 Å². The van der Waals surface area contributed by atoms with Crippen molar-refractivity contribution in [1.82, 2.24) is 9.47 Å². The molecule has 2 aliphatic rings. The van der Waals surface area contributed by atoms with Gasteiger partial charge in [-0.1, -0.05) is 23.7 Å². The van der Waals surface area contributed by atoms with Crippen LogP contribution in [0.2, 0.25) is 5.02 Å².